The molecular weight excluding hydrogens is 426 g/mol. The molecule has 0 spiro atoms. The lowest BCUT2D eigenvalue weighted by Crippen LogP contribution is -2.56. The first-order valence-corrected chi connectivity index (χ1v) is 12.5. The number of nitrogens with zero attached hydrogens (tertiary/aromatic N) is 1. The normalized spacial score (nSPS) is 26.1. The van der Waals surface area contributed by atoms with Gasteiger partial charge in [0.05, 0.1) is 6.04 Å². The van der Waals surface area contributed by atoms with Crippen molar-refractivity contribution >= 4 is 5.91 Å². The maximum absolute atomic E-state index is 13.2. The third kappa shape index (κ3) is 5.23. The molecule has 2 aliphatic rings. The van der Waals surface area contributed by atoms with E-state index in [0.717, 1.165) is 37.2 Å². The molecule has 4 atom stereocenters. The van der Waals surface area contributed by atoms with Gasteiger partial charge >= 0.3 is 0 Å². The van der Waals surface area contributed by atoms with E-state index >= 15 is 0 Å². The molecule has 1 fully saturated rings. The Morgan fingerprint density at radius 3 is 2.65 bits per heavy atom. The quantitative estimate of drug-likeness (QED) is 0.524. The van der Waals surface area contributed by atoms with Crippen LogP contribution in [0.5, 0.6) is 11.5 Å². The topological polar surface area (TPSA) is 84.8 Å². The number of hydrogen-bond donors (Lipinski definition) is 4. The minimum absolute atomic E-state index is 0.0274. The van der Waals surface area contributed by atoms with Crippen LogP contribution < -0.4 is 10.6 Å². The molecular formula is C28H39N3O3. The van der Waals surface area contributed by atoms with Gasteiger partial charge in [-0.3, -0.25) is 4.79 Å². The molecule has 0 aromatic heterocycles. The number of likely N-dealkylation sites (tertiary alicyclic amines) is 1. The van der Waals surface area contributed by atoms with E-state index in [0.29, 0.717) is 30.6 Å². The van der Waals surface area contributed by atoms with E-state index < -0.39 is 0 Å². The van der Waals surface area contributed by atoms with Crippen molar-refractivity contribution in [2.45, 2.75) is 64.6 Å². The van der Waals surface area contributed by atoms with Gasteiger partial charge in [-0.05, 0) is 77.6 Å². The van der Waals surface area contributed by atoms with Gasteiger partial charge in [-0.15, -0.1) is 0 Å². The Balaban J connectivity index is 1.36. The Morgan fingerprint density at radius 1 is 1.18 bits per heavy atom. The molecule has 0 aliphatic carbocycles. The summed E-state index contributed by atoms with van der Waals surface area (Å²) in [5, 5.41) is 26.3. The number of piperidine rings is 1. The minimum Gasteiger partial charge on any atom is -0.508 e. The third-order valence-corrected chi connectivity index (χ3v) is 8.13. The Labute approximate surface area is 203 Å². The number of phenols is 2. The molecule has 4 N–H and O–H groups in total. The zero-order valence-electron chi connectivity index (χ0n) is 20.8. The van der Waals surface area contributed by atoms with Crippen LogP contribution in [-0.2, 0) is 23.2 Å². The number of aromatic hydroxyl groups is 2. The molecule has 4 rings (SSSR count). The number of carbonyl (C=O) groups is 1. The van der Waals surface area contributed by atoms with Crippen LogP contribution in [0.3, 0.4) is 0 Å². The predicted octanol–water partition coefficient (Wildman–Crippen LogP) is 3.55. The number of fused-ring (bicyclic) bond motifs is 1. The van der Waals surface area contributed by atoms with Crippen molar-refractivity contribution in [2.75, 3.05) is 19.6 Å². The first kappa shape index (κ1) is 24.6. The van der Waals surface area contributed by atoms with E-state index in [1.807, 2.05) is 18.2 Å². The first-order valence-electron chi connectivity index (χ1n) is 12.5. The summed E-state index contributed by atoms with van der Waals surface area (Å²) in [5.74, 6) is 1.39. The molecule has 0 unspecified atom stereocenters. The number of hydrogen-bond acceptors (Lipinski definition) is 5. The van der Waals surface area contributed by atoms with Crippen LogP contribution in [0.25, 0.3) is 0 Å². The Bertz CT molecular complexity index is 1020. The van der Waals surface area contributed by atoms with Gasteiger partial charge in [-0.25, -0.2) is 0 Å². The highest BCUT2D eigenvalue weighted by Crippen LogP contribution is 2.40. The van der Waals surface area contributed by atoms with Gasteiger partial charge in [0.15, 0.2) is 0 Å². The fraction of sp³-hybridized carbons (Fsp3) is 0.536. The number of phenolic OH excluding ortho intramolecular Hbond substituents is 2. The zero-order chi connectivity index (χ0) is 24.5. The standard InChI is InChI=1S/C28H39N3O3/c1-18(2)26(30-27(34)25-13-20-8-9-24(33)12-21(20)15-29-25)17-31-11-10-28(4,19(3)16-31)22-6-5-7-23(32)14-22/h5-9,12,14,18-19,25-26,29,32-33H,10-11,13,15-17H2,1-4H3,(H,30,34)/t19-,25-,26+,28-/m0/s1. The highest BCUT2D eigenvalue weighted by Gasteiger charge is 2.39. The summed E-state index contributed by atoms with van der Waals surface area (Å²) in [6.07, 6.45) is 1.65. The Morgan fingerprint density at radius 2 is 1.94 bits per heavy atom. The summed E-state index contributed by atoms with van der Waals surface area (Å²) in [7, 11) is 0. The van der Waals surface area contributed by atoms with Crippen LogP contribution in [-0.4, -0.2) is 52.7 Å². The lowest BCUT2D eigenvalue weighted by molar-refractivity contribution is -0.124. The number of nitrogens with one attached hydrogen (secondary N) is 2. The van der Waals surface area contributed by atoms with Crippen molar-refractivity contribution in [2.24, 2.45) is 11.8 Å². The van der Waals surface area contributed by atoms with Crippen LogP contribution in [0, 0.1) is 11.8 Å². The summed E-state index contributed by atoms with van der Waals surface area (Å²) in [5.41, 5.74) is 3.40. The predicted molar refractivity (Wildman–Crippen MR) is 135 cm³/mol. The van der Waals surface area contributed by atoms with Gasteiger partial charge in [0.2, 0.25) is 5.91 Å². The molecule has 34 heavy (non-hydrogen) atoms. The van der Waals surface area contributed by atoms with Crippen molar-refractivity contribution in [1.82, 2.24) is 15.5 Å². The summed E-state index contributed by atoms with van der Waals surface area (Å²) in [6, 6.07) is 12.9. The highest BCUT2D eigenvalue weighted by molar-refractivity contribution is 5.82. The first-order chi connectivity index (χ1) is 16.2. The number of carbonyl (C=O) groups excluding carboxylic acids is 1. The third-order valence-electron chi connectivity index (χ3n) is 8.13. The van der Waals surface area contributed by atoms with E-state index in [4.69, 9.17) is 0 Å². The fourth-order valence-corrected chi connectivity index (χ4v) is 5.44. The molecule has 184 valence electrons. The SMILES string of the molecule is CC(C)[C@@H](CN1CC[C@](C)(c2cccc(O)c2)[C@@H](C)C1)NC(=O)[C@@H]1Cc2ccc(O)cc2CN1. The van der Waals surface area contributed by atoms with Gasteiger partial charge in [0, 0.05) is 25.7 Å². The number of rotatable bonds is 6. The van der Waals surface area contributed by atoms with Crippen molar-refractivity contribution in [3.63, 3.8) is 0 Å². The molecule has 2 aromatic rings. The summed E-state index contributed by atoms with van der Waals surface area (Å²) >= 11 is 0. The monoisotopic (exact) mass is 465 g/mol. The van der Waals surface area contributed by atoms with E-state index in [1.165, 1.54) is 5.56 Å². The molecule has 6 heteroatoms. The smallest absolute Gasteiger partial charge is 0.237 e. The van der Waals surface area contributed by atoms with Crippen LogP contribution in [0.2, 0.25) is 0 Å². The van der Waals surface area contributed by atoms with Gasteiger partial charge in [-0.2, -0.15) is 0 Å². The highest BCUT2D eigenvalue weighted by atomic mass is 16.3. The number of benzene rings is 2. The molecule has 0 bridgehead atoms. The zero-order valence-corrected chi connectivity index (χ0v) is 20.8. The number of amides is 1. The van der Waals surface area contributed by atoms with E-state index in [-0.39, 0.29) is 29.2 Å². The van der Waals surface area contributed by atoms with Crippen molar-refractivity contribution < 1.29 is 15.0 Å². The minimum atomic E-state index is -0.257. The van der Waals surface area contributed by atoms with E-state index in [1.54, 1.807) is 18.2 Å². The second kappa shape index (κ2) is 9.96. The molecule has 2 heterocycles. The lowest BCUT2D eigenvalue weighted by Gasteiger charge is -2.46. The van der Waals surface area contributed by atoms with E-state index in [2.05, 4.69) is 49.3 Å². The molecule has 0 saturated carbocycles. The molecule has 0 radical (unpaired) electrons. The van der Waals surface area contributed by atoms with Crippen LogP contribution in [0.4, 0.5) is 0 Å². The molecule has 6 nitrogen and oxygen atoms in total. The molecule has 2 aromatic carbocycles. The molecule has 1 amide bonds. The average Bonchev–Trinajstić information content (AvgIpc) is 2.80. The van der Waals surface area contributed by atoms with Crippen molar-refractivity contribution in [3.8, 4) is 11.5 Å². The summed E-state index contributed by atoms with van der Waals surface area (Å²) in [6.45, 7) is 12.3. The van der Waals surface area contributed by atoms with Gasteiger partial charge in [0.1, 0.15) is 11.5 Å². The molecule has 1 saturated heterocycles. The van der Waals surface area contributed by atoms with Crippen LogP contribution in [0.1, 0.15) is 50.8 Å². The largest absolute Gasteiger partial charge is 0.508 e. The Hall–Kier alpha value is -2.57. The second-order valence-corrected chi connectivity index (χ2v) is 10.8. The molecule has 2 aliphatic heterocycles. The summed E-state index contributed by atoms with van der Waals surface area (Å²) in [4.78, 5) is 15.6. The van der Waals surface area contributed by atoms with Crippen molar-refractivity contribution in [3.05, 3.63) is 59.2 Å². The maximum Gasteiger partial charge on any atom is 0.237 e. The second-order valence-electron chi connectivity index (χ2n) is 10.8. The van der Waals surface area contributed by atoms with Crippen molar-refractivity contribution in [1.29, 1.82) is 0 Å². The van der Waals surface area contributed by atoms with Gasteiger partial charge in [-0.1, -0.05) is 45.9 Å². The van der Waals surface area contributed by atoms with Gasteiger partial charge in [0.25, 0.3) is 0 Å². The average molecular weight is 466 g/mol. The van der Waals surface area contributed by atoms with Crippen LogP contribution in [0.15, 0.2) is 42.5 Å². The van der Waals surface area contributed by atoms with E-state index in [9.17, 15) is 15.0 Å². The lowest BCUT2D eigenvalue weighted by atomic mass is 9.68. The van der Waals surface area contributed by atoms with Crippen LogP contribution >= 0.6 is 0 Å². The Kier molecular flexibility index (Phi) is 7.20. The summed E-state index contributed by atoms with van der Waals surface area (Å²) < 4.78 is 0. The maximum atomic E-state index is 13.2. The van der Waals surface area contributed by atoms with Gasteiger partial charge < -0.3 is 25.7 Å². The fourth-order valence-electron chi connectivity index (χ4n) is 5.44.